The average Bonchev–Trinajstić information content (AvgIpc) is 4.16. The lowest BCUT2D eigenvalue weighted by Gasteiger charge is -2.58. The van der Waals surface area contributed by atoms with Crippen LogP contribution < -0.4 is 37.5 Å². The van der Waals surface area contributed by atoms with Crippen molar-refractivity contribution < 1.29 is 50.7 Å². The summed E-state index contributed by atoms with van der Waals surface area (Å²) in [6.07, 6.45) is 12.5. The molecular weight excluding hydrogens is 1030 g/mol. The first kappa shape index (κ1) is 58.1. The maximum absolute atomic E-state index is 13.6. The molecule has 0 spiro atoms. The molecule has 434 valence electrons. The Hall–Kier alpha value is -5.56. The number of nitrogen functional groups attached to an aromatic ring is 1. The van der Waals surface area contributed by atoms with Crippen LogP contribution >= 0.6 is 0 Å². The minimum absolute atomic E-state index is 0.0535. The molecule has 4 heterocycles. The number of halogens is 6. The number of carbonyl (C=O) groups excluding carboxylic acids is 4. The van der Waals surface area contributed by atoms with Crippen molar-refractivity contribution >= 4 is 41.0 Å². The quantitative estimate of drug-likeness (QED) is 0.116. The van der Waals surface area contributed by atoms with Crippen molar-refractivity contribution in [1.29, 1.82) is 5.41 Å². The highest BCUT2D eigenvalue weighted by molar-refractivity contribution is 5.94. The van der Waals surface area contributed by atoms with Crippen LogP contribution in [-0.2, 0) is 31.5 Å². The van der Waals surface area contributed by atoms with E-state index in [0.29, 0.717) is 71.2 Å². The maximum atomic E-state index is 13.6. The number of hydrogen-bond donors (Lipinski definition) is 7. The number of alkyl halides is 6. The number of nitrogens with one attached hydrogen (secondary N) is 5. The molecule has 0 unspecified atom stereocenters. The lowest BCUT2D eigenvalue weighted by atomic mass is 9.48. The predicted molar refractivity (Wildman–Crippen MR) is 287 cm³/mol. The van der Waals surface area contributed by atoms with Gasteiger partial charge in [0.1, 0.15) is 11.6 Å². The molecule has 14 atom stereocenters. The van der Waals surface area contributed by atoms with Crippen molar-refractivity contribution in [3.8, 4) is 0 Å². The van der Waals surface area contributed by atoms with E-state index >= 15 is 0 Å². The van der Waals surface area contributed by atoms with Gasteiger partial charge in [0.2, 0.25) is 23.6 Å². The van der Waals surface area contributed by atoms with Gasteiger partial charge in [-0.05, 0) is 194 Å². The largest absolute Gasteiger partial charge is 0.423 e. The lowest BCUT2D eigenvalue weighted by Crippen LogP contribution is -2.59. The van der Waals surface area contributed by atoms with Crippen LogP contribution in [0.4, 0.5) is 43.7 Å². The van der Waals surface area contributed by atoms with E-state index in [2.05, 4.69) is 78.8 Å². The summed E-state index contributed by atoms with van der Waals surface area (Å²) in [6.45, 7) is 17.0. The minimum atomic E-state index is -4.91. The van der Waals surface area contributed by atoms with Crippen LogP contribution in [0.15, 0.2) is 48.6 Å². The number of benzene rings is 1. The SMILES string of the molecule is CC(C)(C)NC(=O)[C@H]1CC[C@H]2[C@@H]3CC[C@H]4NC(=O)C=C[C@]4(C)[C@H]3CC[C@]12C.C[C@]12C=CC(=O)N[C@@H]1CC[C@@H]1[C@@H]2CC[C@]2(C)[C@@H](C(=O)Nc3cc(C(F)(F)F)ccc3C(F)(F)F)CC[C@@H]12.N=c1nc(N2CCCCC2)cc(N)n1O. The van der Waals surface area contributed by atoms with Crippen molar-refractivity contribution in [2.45, 2.75) is 175 Å². The Morgan fingerprint density at radius 2 is 1.20 bits per heavy atom. The van der Waals surface area contributed by atoms with Gasteiger partial charge in [-0.25, -0.2) is 0 Å². The third-order valence-corrected chi connectivity index (χ3v) is 21.0. The summed E-state index contributed by atoms with van der Waals surface area (Å²) >= 11 is 0. The number of anilines is 3. The lowest BCUT2D eigenvalue weighted by molar-refractivity contribution is -0.141. The van der Waals surface area contributed by atoms with E-state index < -0.39 is 46.4 Å². The molecule has 1 saturated heterocycles. The molecule has 3 aliphatic heterocycles. The highest BCUT2D eigenvalue weighted by Crippen LogP contribution is 2.67. The van der Waals surface area contributed by atoms with E-state index in [1.54, 1.807) is 18.2 Å². The van der Waals surface area contributed by atoms with Crippen LogP contribution in [0.3, 0.4) is 0 Å². The first-order chi connectivity index (χ1) is 36.9. The second kappa shape index (κ2) is 21.1. The number of aromatic nitrogens is 2. The molecule has 8 N–H and O–H groups in total. The Labute approximate surface area is 459 Å². The Bertz CT molecular complexity index is 2810. The first-order valence-electron chi connectivity index (χ1n) is 28.7. The molecule has 9 aliphatic rings. The topological polar surface area (TPSA) is 208 Å². The Balaban J connectivity index is 0.000000157. The van der Waals surface area contributed by atoms with E-state index in [9.17, 15) is 50.7 Å². The molecule has 0 bridgehead atoms. The second-order valence-corrected chi connectivity index (χ2v) is 26.5. The highest BCUT2D eigenvalue weighted by Gasteiger charge is 2.63. The van der Waals surface area contributed by atoms with Crippen LogP contribution in [0, 0.1) is 74.4 Å². The third kappa shape index (κ3) is 11.0. The molecular formula is C59H81F6N9O5. The van der Waals surface area contributed by atoms with Crippen LogP contribution in [0.1, 0.15) is 156 Å². The summed E-state index contributed by atoms with van der Waals surface area (Å²) in [4.78, 5) is 56.3. The summed E-state index contributed by atoms with van der Waals surface area (Å²) in [5, 5.41) is 28.5. The van der Waals surface area contributed by atoms with Gasteiger partial charge in [0.15, 0.2) is 0 Å². The molecule has 1 aromatic heterocycles. The number of hydrogen-bond acceptors (Lipinski definition) is 9. The molecule has 6 saturated carbocycles. The molecule has 7 fully saturated rings. The average molecular weight is 1110 g/mol. The Morgan fingerprint density at radius 1 is 0.696 bits per heavy atom. The molecule has 0 radical (unpaired) electrons. The van der Waals surface area contributed by atoms with Gasteiger partial charge in [-0.1, -0.05) is 39.8 Å². The summed E-state index contributed by atoms with van der Waals surface area (Å²) in [5.74, 6) is 2.68. The number of piperidine rings is 1. The Kier molecular flexibility index (Phi) is 15.5. The number of fused-ring (bicyclic) bond motifs is 10. The molecule has 14 nitrogen and oxygen atoms in total. The van der Waals surface area contributed by atoms with Crippen molar-refractivity contribution in [2.24, 2.45) is 69.0 Å². The van der Waals surface area contributed by atoms with E-state index in [1.165, 1.54) is 25.7 Å². The van der Waals surface area contributed by atoms with Gasteiger partial charge in [0.05, 0.1) is 16.8 Å². The summed E-state index contributed by atoms with van der Waals surface area (Å²) < 4.78 is 80.9. The number of nitrogens with zero attached hydrogens (tertiary/aromatic N) is 3. The van der Waals surface area contributed by atoms with Crippen molar-refractivity contribution in [2.75, 3.05) is 29.0 Å². The van der Waals surface area contributed by atoms with Gasteiger partial charge in [0, 0.05) is 59.4 Å². The van der Waals surface area contributed by atoms with Gasteiger partial charge in [-0.15, -0.1) is 4.73 Å². The highest BCUT2D eigenvalue weighted by atomic mass is 19.4. The third-order valence-electron chi connectivity index (χ3n) is 21.0. The number of amides is 4. The number of nitrogens with two attached hydrogens (primary N) is 1. The van der Waals surface area contributed by atoms with E-state index in [0.717, 1.165) is 70.9 Å². The monoisotopic (exact) mass is 1110 g/mol. The summed E-state index contributed by atoms with van der Waals surface area (Å²) in [5.41, 5.74) is 1.30. The predicted octanol–water partition coefficient (Wildman–Crippen LogP) is 10.6. The van der Waals surface area contributed by atoms with Gasteiger partial charge in [-0.3, -0.25) is 24.6 Å². The molecule has 20 heteroatoms. The molecule has 6 aliphatic carbocycles. The van der Waals surface area contributed by atoms with Crippen LogP contribution in [0.5, 0.6) is 0 Å². The standard InChI is InChI=1S/C27H30F6N2O2.C23H36N2O2.C9H15N5O/c1-24-11-9-17-15(4-8-21-25(17,2)12-10-22(36)35-21)16(24)6-7-19(24)23(37)34-20-13-14(26(28,29)30)3-5-18(20)27(31,32)33;1-21(2,3)25-20(27)17-8-7-15-14-6-9-18-23(5,13-11-19(26)24-18)16(14)10-12-22(15,17)4;10-7-6-8(12-9(11)14(7)15)13-4-2-1-3-5-13/h3,5,10,12-13,15-17,19,21H,4,6-9,11H2,1-2H3,(H,34,37)(H,35,36);11,13-18H,6-10,12H2,1-5H3,(H,24,26)(H,25,27);6,11,15H,1-5,10H2/t15-,16-,17-,19+,21+,24-,25+;14-,15-,16-,17+,18+,22-,23+;/m00./s1. The first-order valence-corrected chi connectivity index (χ1v) is 28.7. The van der Waals surface area contributed by atoms with Gasteiger partial charge >= 0.3 is 12.4 Å². The number of carbonyl (C=O) groups is 4. The van der Waals surface area contributed by atoms with E-state index in [4.69, 9.17) is 11.1 Å². The Morgan fingerprint density at radius 3 is 1.67 bits per heavy atom. The van der Waals surface area contributed by atoms with Gasteiger partial charge < -0.3 is 37.1 Å². The zero-order valence-electron chi connectivity index (χ0n) is 46.7. The molecule has 79 heavy (non-hydrogen) atoms. The smallest absolute Gasteiger partial charge is 0.418 e. The van der Waals surface area contributed by atoms with E-state index in [1.807, 2.05) is 13.0 Å². The van der Waals surface area contributed by atoms with Crippen molar-refractivity contribution in [1.82, 2.24) is 25.7 Å². The maximum Gasteiger partial charge on any atom is 0.418 e. The fraction of sp³-hybridized carbons (Fsp3) is 0.695. The minimum Gasteiger partial charge on any atom is -0.423 e. The van der Waals surface area contributed by atoms with Crippen molar-refractivity contribution in [3.63, 3.8) is 0 Å². The molecule has 11 rings (SSSR count). The van der Waals surface area contributed by atoms with Crippen LogP contribution in [0.25, 0.3) is 0 Å². The van der Waals surface area contributed by atoms with Gasteiger partial charge in [-0.2, -0.15) is 31.3 Å². The van der Waals surface area contributed by atoms with Crippen LogP contribution in [-0.4, -0.2) is 69.3 Å². The van der Waals surface area contributed by atoms with Crippen molar-refractivity contribution in [3.05, 3.63) is 65.3 Å². The number of rotatable bonds is 4. The van der Waals surface area contributed by atoms with E-state index in [-0.39, 0.29) is 74.9 Å². The fourth-order valence-electron chi connectivity index (χ4n) is 17.1. The van der Waals surface area contributed by atoms with Crippen LogP contribution in [0.2, 0.25) is 0 Å². The summed E-state index contributed by atoms with van der Waals surface area (Å²) in [6, 6.07) is 3.06. The summed E-state index contributed by atoms with van der Waals surface area (Å²) in [7, 11) is 0. The second-order valence-electron chi connectivity index (χ2n) is 26.5. The van der Waals surface area contributed by atoms with Gasteiger partial charge in [0.25, 0.3) is 5.62 Å². The molecule has 2 aromatic rings. The molecule has 4 amide bonds. The fourth-order valence-corrected chi connectivity index (χ4v) is 17.1. The molecule has 1 aromatic carbocycles. The normalized spacial score (nSPS) is 36.4. The zero-order valence-corrected chi connectivity index (χ0v) is 46.7. The zero-order chi connectivity index (χ0) is 57.4.